The largest absolute Gasteiger partial charge is 0.391 e. The number of hydrogen-bond acceptors (Lipinski definition) is 3. The normalized spacial score (nSPS) is 11.0. The molecule has 7 heteroatoms. The Morgan fingerprint density at radius 1 is 0.667 bits per heavy atom. The molecule has 0 aliphatic heterocycles. The van der Waals surface area contributed by atoms with E-state index >= 15 is 0 Å². The molecule has 0 aliphatic carbocycles. The van der Waals surface area contributed by atoms with E-state index < -0.39 is 26.3 Å². The summed E-state index contributed by atoms with van der Waals surface area (Å²) in [6.45, 7) is 15.7. The number of aliphatic hydroxyl groups is 3. The molecule has 0 unspecified atom stereocenters. The Kier molecular flexibility index (Phi) is 19.1. The number of halogens is 2. The van der Waals surface area contributed by atoms with Crippen LogP contribution in [0.3, 0.4) is 0 Å². The first-order valence-corrected chi connectivity index (χ1v) is 8.92. The molecule has 0 heterocycles. The summed E-state index contributed by atoms with van der Waals surface area (Å²) in [5.74, 6) is 0. The van der Waals surface area contributed by atoms with Crippen LogP contribution in [0.4, 0.5) is 8.22 Å². The van der Waals surface area contributed by atoms with Gasteiger partial charge in [-0.25, -0.2) is 12.1 Å². The Labute approximate surface area is 167 Å². The van der Waals surface area contributed by atoms with Crippen molar-refractivity contribution in [3.63, 3.8) is 0 Å². The zero-order chi connectivity index (χ0) is 19.5. The van der Waals surface area contributed by atoms with Gasteiger partial charge in [0.25, 0.3) is 0 Å². The van der Waals surface area contributed by atoms with Crippen molar-refractivity contribution < 1.29 is 49.4 Å². The van der Waals surface area contributed by atoms with E-state index in [4.69, 9.17) is 15.3 Å². The predicted molar refractivity (Wildman–Crippen MR) is 96.9 cm³/mol. The Bertz CT molecular complexity index is 318. The van der Waals surface area contributed by atoms with Gasteiger partial charge >= 0.3 is 9.46 Å². The van der Waals surface area contributed by atoms with E-state index in [0.717, 1.165) is 0 Å². The summed E-state index contributed by atoms with van der Waals surface area (Å²) in [6.07, 6.45) is 0. The zero-order valence-corrected chi connectivity index (χ0v) is 21.2. The molecule has 0 fully saturated rings. The summed E-state index contributed by atoms with van der Waals surface area (Å²) in [7, 11) is -3.48. The zero-order valence-electron chi connectivity index (χ0n) is 16.5. The Morgan fingerprint density at radius 2 is 0.833 bits per heavy atom. The number of rotatable bonds is 1. The predicted octanol–water partition coefficient (Wildman–Crippen LogP) is 3.10. The first-order chi connectivity index (χ1) is 9.80. The fourth-order valence-electron chi connectivity index (χ4n) is 0.534. The van der Waals surface area contributed by atoms with Crippen molar-refractivity contribution in [3.8, 4) is 0 Å². The summed E-state index contributed by atoms with van der Waals surface area (Å²) < 4.78 is 23.5. The maximum atomic E-state index is 11.7. The first-order valence-electron chi connectivity index (χ1n) is 7.47. The summed E-state index contributed by atoms with van der Waals surface area (Å²) in [4.78, 5) is 0. The van der Waals surface area contributed by atoms with Crippen molar-refractivity contribution in [2.75, 3.05) is 0 Å². The minimum atomic E-state index is -3.48. The van der Waals surface area contributed by atoms with Crippen LogP contribution >= 0.6 is 0 Å². The second-order valence-corrected chi connectivity index (χ2v) is 9.30. The van der Waals surface area contributed by atoms with Crippen LogP contribution in [0.1, 0.15) is 62.3 Å². The smallest absolute Gasteiger partial charge is 0.387 e. The van der Waals surface area contributed by atoms with Crippen LogP contribution in [0, 0.1) is 0 Å². The van der Waals surface area contributed by atoms with Gasteiger partial charge in [-0.1, -0.05) is 0 Å². The third-order valence-corrected chi connectivity index (χ3v) is 1.83. The number of hydrogen-bond donors (Lipinski definition) is 3. The molecule has 0 aromatic heterocycles. The van der Waals surface area contributed by atoms with Crippen LogP contribution in [0.15, 0.2) is 24.3 Å². The van der Waals surface area contributed by atoms with E-state index in [-0.39, 0.29) is 31.0 Å². The topological polar surface area (TPSA) is 60.7 Å². The molecule has 1 aromatic rings. The third-order valence-electron chi connectivity index (χ3n) is 0.940. The van der Waals surface area contributed by atoms with E-state index in [9.17, 15) is 8.22 Å². The SMILES string of the molecule is CC(C)(C)O.CC(C)(C)O.CC(C)(C)O.F[SiH](F)[c-]1cccc1.[Hf]. The van der Waals surface area contributed by atoms with Gasteiger partial charge in [0.1, 0.15) is 0 Å². The molecule has 3 nitrogen and oxygen atoms in total. The van der Waals surface area contributed by atoms with Gasteiger partial charge in [0.2, 0.25) is 0 Å². The van der Waals surface area contributed by atoms with Crippen LogP contribution in [0.25, 0.3) is 0 Å². The second-order valence-electron chi connectivity index (χ2n) is 8.03. The van der Waals surface area contributed by atoms with Gasteiger partial charge in [-0.3, -0.25) is 8.22 Å². The molecule has 144 valence electrons. The van der Waals surface area contributed by atoms with Crippen molar-refractivity contribution in [1.82, 2.24) is 0 Å². The summed E-state index contributed by atoms with van der Waals surface area (Å²) in [5.41, 5.74) is -1.50. The van der Waals surface area contributed by atoms with E-state index in [1.54, 1.807) is 74.4 Å². The average Bonchev–Trinajstić information content (AvgIpc) is 2.59. The first kappa shape index (κ1) is 31.9. The molecule has 0 saturated heterocycles. The molecular weight excluding hydrogens is 497 g/mol. The molecular formula is C17H35F2HfO3Si-. The Hall–Kier alpha value is 0.177. The molecule has 1 rings (SSSR count). The van der Waals surface area contributed by atoms with Gasteiger partial charge in [-0.15, -0.1) is 5.19 Å². The minimum Gasteiger partial charge on any atom is -0.391 e. The summed E-state index contributed by atoms with van der Waals surface area (Å²) >= 11 is 0. The van der Waals surface area contributed by atoms with E-state index in [1.807, 2.05) is 0 Å². The average molecular weight is 532 g/mol. The van der Waals surface area contributed by atoms with Crippen molar-refractivity contribution in [3.05, 3.63) is 24.3 Å². The van der Waals surface area contributed by atoms with Crippen molar-refractivity contribution in [2.24, 2.45) is 0 Å². The van der Waals surface area contributed by atoms with E-state index in [2.05, 4.69) is 0 Å². The maximum Gasteiger partial charge on any atom is 0.387 e. The van der Waals surface area contributed by atoms with Crippen molar-refractivity contribution in [2.45, 2.75) is 79.1 Å². The second kappa shape index (κ2) is 14.4. The summed E-state index contributed by atoms with van der Waals surface area (Å²) in [5, 5.41) is 25.8. The van der Waals surface area contributed by atoms with Gasteiger partial charge in [0.15, 0.2) is 0 Å². The Balaban J connectivity index is -0.000000113. The molecule has 0 atom stereocenters. The molecule has 24 heavy (non-hydrogen) atoms. The van der Waals surface area contributed by atoms with Crippen LogP contribution in [0.2, 0.25) is 0 Å². The maximum absolute atomic E-state index is 11.7. The van der Waals surface area contributed by atoms with Gasteiger partial charge < -0.3 is 15.3 Å². The van der Waals surface area contributed by atoms with Gasteiger partial charge in [-0.2, -0.15) is 12.1 Å². The fraction of sp³-hybridized carbons (Fsp3) is 0.706. The Morgan fingerprint density at radius 3 is 0.917 bits per heavy atom. The monoisotopic (exact) mass is 533 g/mol. The molecule has 1 aromatic carbocycles. The molecule has 0 aliphatic rings. The standard InChI is InChI=1S/C5H5F2Si.3C4H10O.Hf/c6-8(7)5-3-1-2-4-5;3*1-4(2,3)5;/h1-4,8H;3*5H,1-3H3;/q-1;;;;. The molecule has 0 radical (unpaired) electrons. The van der Waals surface area contributed by atoms with Gasteiger partial charge in [-0.05, 0) is 62.3 Å². The fourth-order valence-corrected chi connectivity index (χ4v) is 1.05. The van der Waals surface area contributed by atoms with E-state index in [0.29, 0.717) is 0 Å². The minimum absolute atomic E-state index is 0. The molecule has 3 N–H and O–H groups in total. The van der Waals surface area contributed by atoms with Crippen LogP contribution in [-0.2, 0) is 25.8 Å². The molecule has 0 spiro atoms. The van der Waals surface area contributed by atoms with Gasteiger partial charge in [0, 0.05) is 25.8 Å². The van der Waals surface area contributed by atoms with E-state index in [1.165, 1.54) is 12.1 Å². The van der Waals surface area contributed by atoms with Gasteiger partial charge in [0.05, 0.1) is 16.8 Å². The van der Waals surface area contributed by atoms with Crippen molar-refractivity contribution >= 4 is 14.7 Å². The van der Waals surface area contributed by atoms with Crippen LogP contribution < -0.4 is 5.19 Å². The molecule has 0 amide bonds. The van der Waals surface area contributed by atoms with Crippen LogP contribution in [-0.4, -0.2) is 41.6 Å². The third kappa shape index (κ3) is 79.6. The summed E-state index contributed by atoms with van der Waals surface area (Å²) in [6, 6.07) is 6.21. The quantitative estimate of drug-likeness (QED) is 0.296. The molecule has 0 saturated carbocycles. The van der Waals surface area contributed by atoms with Crippen molar-refractivity contribution in [1.29, 1.82) is 0 Å². The molecule has 0 bridgehead atoms. The van der Waals surface area contributed by atoms with Crippen LogP contribution in [0.5, 0.6) is 0 Å².